The highest BCUT2D eigenvalue weighted by molar-refractivity contribution is 5.95. The number of hydrogen-bond acceptors (Lipinski definition) is 4. The summed E-state index contributed by atoms with van der Waals surface area (Å²) in [5, 5.41) is 18.1. The first-order valence-electron chi connectivity index (χ1n) is 7.18. The van der Waals surface area contributed by atoms with E-state index in [4.69, 9.17) is 5.11 Å². The third kappa shape index (κ3) is 4.55. The molecule has 0 aliphatic carbocycles. The van der Waals surface area contributed by atoms with Crippen molar-refractivity contribution in [2.24, 2.45) is 0 Å². The molecule has 2 rings (SSSR count). The molecule has 0 fully saturated rings. The quantitative estimate of drug-likeness (QED) is 0.854. The number of rotatable bonds is 5. The van der Waals surface area contributed by atoms with Crippen LogP contribution in [0.15, 0.2) is 24.3 Å². The van der Waals surface area contributed by atoms with Crippen molar-refractivity contribution in [1.29, 1.82) is 0 Å². The summed E-state index contributed by atoms with van der Waals surface area (Å²) in [7, 11) is 0. The smallest absolute Gasteiger partial charge is 0.391 e. The lowest BCUT2D eigenvalue weighted by molar-refractivity contribution is -0.157. The van der Waals surface area contributed by atoms with Gasteiger partial charge in [-0.3, -0.25) is 4.79 Å². The number of aromatic nitrogens is 3. The molecule has 0 spiro atoms. The van der Waals surface area contributed by atoms with Gasteiger partial charge in [-0.1, -0.05) is 22.9 Å². The number of alkyl halides is 3. The van der Waals surface area contributed by atoms with E-state index in [1.807, 2.05) is 24.4 Å². The average molecular weight is 356 g/mol. The molecule has 1 aromatic carbocycles. The molecular formula is C15H15F3N4O3. The van der Waals surface area contributed by atoms with Crippen molar-refractivity contribution in [2.45, 2.75) is 32.5 Å². The molecule has 0 aliphatic rings. The highest BCUT2D eigenvalue weighted by atomic mass is 19.4. The van der Waals surface area contributed by atoms with Crippen LogP contribution in [0.2, 0.25) is 0 Å². The average Bonchev–Trinajstić information content (AvgIpc) is 2.87. The number of carbonyl (C=O) groups is 2. The van der Waals surface area contributed by atoms with E-state index in [1.165, 1.54) is 11.6 Å². The maximum Gasteiger partial charge on any atom is 0.391 e. The lowest BCUT2D eigenvalue weighted by Crippen LogP contribution is -2.43. The van der Waals surface area contributed by atoms with Gasteiger partial charge in [0.1, 0.15) is 6.04 Å². The lowest BCUT2D eigenvalue weighted by atomic mass is 10.2. The van der Waals surface area contributed by atoms with E-state index in [0.717, 1.165) is 5.56 Å². The standard InChI is InChI=1S/C15H15F3N4O3/c1-8-3-5-10(6-4-8)22-9(2)12(20-21-22)13(23)19-11(14(24)25)7-15(16,17)18/h3-6,11H,7H2,1-2H3,(H,19,23)(H,24,25)/t11-/m1/s1. The number of aliphatic carboxylic acids is 1. The van der Waals surface area contributed by atoms with Crippen molar-refractivity contribution < 1.29 is 27.9 Å². The Morgan fingerprint density at radius 1 is 1.24 bits per heavy atom. The number of amides is 1. The number of nitrogens with zero attached hydrogens (tertiary/aromatic N) is 3. The molecule has 1 amide bonds. The summed E-state index contributed by atoms with van der Waals surface area (Å²) < 4.78 is 38.6. The Balaban J connectivity index is 2.22. The summed E-state index contributed by atoms with van der Waals surface area (Å²) in [4.78, 5) is 23.0. The first-order chi connectivity index (χ1) is 11.6. The summed E-state index contributed by atoms with van der Waals surface area (Å²) in [6.45, 7) is 3.40. The van der Waals surface area contributed by atoms with Gasteiger partial charge in [0.25, 0.3) is 5.91 Å². The third-order valence-corrected chi connectivity index (χ3v) is 3.43. The lowest BCUT2D eigenvalue weighted by Gasteiger charge is -2.15. The van der Waals surface area contributed by atoms with Crippen LogP contribution >= 0.6 is 0 Å². The molecular weight excluding hydrogens is 341 g/mol. The number of aryl methyl sites for hydroxylation is 1. The fourth-order valence-corrected chi connectivity index (χ4v) is 2.13. The SMILES string of the molecule is Cc1ccc(-n2nnc(C(=O)N[C@H](CC(F)(F)F)C(=O)O)c2C)cc1. The minimum absolute atomic E-state index is 0.242. The summed E-state index contributed by atoms with van der Waals surface area (Å²) in [6.07, 6.45) is -6.41. The van der Waals surface area contributed by atoms with Gasteiger partial charge in [0, 0.05) is 0 Å². The van der Waals surface area contributed by atoms with E-state index in [-0.39, 0.29) is 11.4 Å². The van der Waals surface area contributed by atoms with Crippen molar-refractivity contribution >= 4 is 11.9 Å². The van der Waals surface area contributed by atoms with Crippen LogP contribution < -0.4 is 5.32 Å². The van der Waals surface area contributed by atoms with E-state index in [2.05, 4.69) is 10.3 Å². The number of carboxylic acids is 1. The van der Waals surface area contributed by atoms with Crippen molar-refractivity contribution in [1.82, 2.24) is 20.3 Å². The van der Waals surface area contributed by atoms with Crippen LogP contribution in [-0.4, -0.2) is 44.2 Å². The van der Waals surface area contributed by atoms with E-state index in [9.17, 15) is 22.8 Å². The molecule has 0 radical (unpaired) electrons. The van der Waals surface area contributed by atoms with Gasteiger partial charge in [-0.25, -0.2) is 9.48 Å². The number of carbonyl (C=O) groups excluding carboxylic acids is 1. The van der Waals surface area contributed by atoms with Crippen molar-refractivity contribution in [3.05, 3.63) is 41.2 Å². The zero-order valence-electron chi connectivity index (χ0n) is 13.3. The van der Waals surface area contributed by atoms with E-state index >= 15 is 0 Å². The molecule has 2 N–H and O–H groups in total. The van der Waals surface area contributed by atoms with Crippen LogP contribution in [0.25, 0.3) is 5.69 Å². The minimum Gasteiger partial charge on any atom is -0.480 e. The summed E-state index contributed by atoms with van der Waals surface area (Å²) in [5.41, 5.74) is 1.65. The second-order valence-corrected chi connectivity index (χ2v) is 5.45. The maximum absolute atomic E-state index is 12.4. The Morgan fingerprint density at radius 2 is 1.84 bits per heavy atom. The van der Waals surface area contributed by atoms with E-state index < -0.39 is 30.5 Å². The number of benzene rings is 1. The van der Waals surface area contributed by atoms with Crippen LogP contribution in [-0.2, 0) is 4.79 Å². The fraction of sp³-hybridized carbons (Fsp3) is 0.333. The minimum atomic E-state index is -4.73. The molecule has 1 aromatic heterocycles. The number of nitrogens with one attached hydrogen (secondary N) is 1. The molecule has 10 heteroatoms. The van der Waals surface area contributed by atoms with E-state index in [1.54, 1.807) is 12.1 Å². The summed E-state index contributed by atoms with van der Waals surface area (Å²) in [5.74, 6) is -2.82. The summed E-state index contributed by atoms with van der Waals surface area (Å²) >= 11 is 0. The number of hydrogen-bond donors (Lipinski definition) is 2. The zero-order valence-corrected chi connectivity index (χ0v) is 13.3. The summed E-state index contributed by atoms with van der Waals surface area (Å²) in [6, 6.07) is 5.02. The second-order valence-electron chi connectivity index (χ2n) is 5.45. The maximum atomic E-state index is 12.4. The van der Waals surface area contributed by atoms with Crippen LogP contribution in [0.3, 0.4) is 0 Å². The Labute approximate surface area is 140 Å². The van der Waals surface area contributed by atoms with Crippen LogP contribution in [0.5, 0.6) is 0 Å². The first-order valence-corrected chi connectivity index (χ1v) is 7.18. The van der Waals surface area contributed by atoms with Gasteiger partial charge in [0.15, 0.2) is 5.69 Å². The van der Waals surface area contributed by atoms with Crippen LogP contribution in [0.1, 0.15) is 28.2 Å². The topological polar surface area (TPSA) is 97.1 Å². The molecule has 0 unspecified atom stereocenters. The molecule has 2 aromatic rings. The Kier molecular flexibility index (Phi) is 5.10. The highest BCUT2D eigenvalue weighted by Crippen LogP contribution is 2.22. The largest absolute Gasteiger partial charge is 0.480 e. The van der Waals surface area contributed by atoms with Crippen molar-refractivity contribution in [2.75, 3.05) is 0 Å². The molecule has 134 valence electrons. The number of carboxylic acid groups (broad SMARTS) is 1. The molecule has 1 atom stereocenters. The van der Waals surface area contributed by atoms with E-state index in [0.29, 0.717) is 5.69 Å². The van der Waals surface area contributed by atoms with Gasteiger partial charge < -0.3 is 10.4 Å². The molecule has 0 saturated carbocycles. The van der Waals surface area contributed by atoms with Crippen LogP contribution in [0.4, 0.5) is 13.2 Å². The molecule has 7 nitrogen and oxygen atoms in total. The monoisotopic (exact) mass is 356 g/mol. The Bertz CT molecular complexity index is 784. The van der Waals surface area contributed by atoms with Gasteiger partial charge in [0.2, 0.25) is 0 Å². The second kappa shape index (κ2) is 6.91. The molecule has 0 bridgehead atoms. The van der Waals surface area contributed by atoms with Crippen molar-refractivity contribution in [3.8, 4) is 5.69 Å². The Morgan fingerprint density at radius 3 is 2.36 bits per heavy atom. The highest BCUT2D eigenvalue weighted by Gasteiger charge is 2.37. The van der Waals surface area contributed by atoms with Gasteiger partial charge >= 0.3 is 12.1 Å². The fourth-order valence-electron chi connectivity index (χ4n) is 2.13. The predicted molar refractivity (Wildman–Crippen MR) is 80.4 cm³/mol. The number of halogens is 3. The third-order valence-electron chi connectivity index (χ3n) is 3.43. The van der Waals surface area contributed by atoms with Crippen LogP contribution in [0, 0.1) is 13.8 Å². The molecule has 0 saturated heterocycles. The van der Waals surface area contributed by atoms with Gasteiger partial charge in [-0.15, -0.1) is 5.10 Å². The van der Waals surface area contributed by atoms with Gasteiger partial charge in [-0.05, 0) is 26.0 Å². The molecule has 25 heavy (non-hydrogen) atoms. The van der Waals surface area contributed by atoms with Gasteiger partial charge in [-0.2, -0.15) is 13.2 Å². The first kappa shape index (κ1) is 18.4. The predicted octanol–water partition coefficient (Wildman–Crippen LogP) is 2.02. The van der Waals surface area contributed by atoms with Gasteiger partial charge in [0.05, 0.1) is 17.8 Å². The molecule has 0 aliphatic heterocycles. The van der Waals surface area contributed by atoms with Crippen molar-refractivity contribution in [3.63, 3.8) is 0 Å². The Hall–Kier alpha value is -2.91. The zero-order chi connectivity index (χ0) is 18.8. The normalized spacial score (nSPS) is 12.7. The molecule has 1 heterocycles.